The molecule has 2 unspecified atom stereocenters. The van der Waals surface area contributed by atoms with Gasteiger partial charge in [-0.3, -0.25) is 0 Å². The van der Waals surface area contributed by atoms with Crippen LogP contribution in [0.1, 0.15) is 103 Å². The highest BCUT2D eigenvalue weighted by molar-refractivity contribution is 5.28. The Kier molecular flexibility index (Phi) is 10.8. The lowest BCUT2D eigenvalue weighted by Gasteiger charge is -2.29. The van der Waals surface area contributed by atoms with E-state index in [-0.39, 0.29) is 6.10 Å². The van der Waals surface area contributed by atoms with Crippen LogP contribution in [0.2, 0.25) is 0 Å². The molecular weight excluding hydrogens is 320 g/mol. The Labute approximate surface area is 161 Å². The zero-order valence-electron chi connectivity index (χ0n) is 17.2. The summed E-state index contributed by atoms with van der Waals surface area (Å²) < 4.78 is 12.0. The molecule has 0 saturated carbocycles. The maximum Gasteiger partial charge on any atom is 0.119 e. The third-order valence-corrected chi connectivity index (χ3v) is 5.60. The largest absolute Gasteiger partial charge is 0.494 e. The van der Waals surface area contributed by atoms with Gasteiger partial charge in [-0.05, 0) is 49.3 Å². The first-order valence-corrected chi connectivity index (χ1v) is 11.2. The first kappa shape index (κ1) is 21.3. The molecule has 0 aliphatic carbocycles. The van der Waals surface area contributed by atoms with Gasteiger partial charge in [0.25, 0.3) is 0 Å². The minimum Gasteiger partial charge on any atom is -0.494 e. The molecule has 2 nitrogen and oxygen atoms in total. The van der Waals surface area contributed by atoms with E-state index in [0.29, 0.717) is 0 Å². The second-order valence-electron chi connectivity index (χ2n) is 7.95. The van der Waals surface area contributed by atoms with Crippen molar-refractivity contribution in [3.8, 4) is 5.75 Å². The zero-order valence-corrected chi connectivity index (χ0v) is 17.2. The van der Waals surface area contributed by atoms with Gasteiger partial charge in [-0.15, -0.1) is 0 Å². The molecular formula is C24H40O2. The van der Waals surface area contributed by atoms with Crippen LogP contribution in [0.25, 0.3) is 0 Å². The van der Waals surface area contributed by atoms with Crippen LogP contribution >= 0.6 is 0 Å². The van der Waals surface area contributed by atoms with E-state index in [1.165, 1.54) is 69.8 Å². The average molecular weight is 361 g/mol. The molecule has 0 spiro atoms. The Morgan fingerprint density at radius 2 is 1.54 bits per heavy atom. The molecule has 1 saturated heterocycles. The topological polar surface area (TPSA) is 18.5 Å². The molecule has 2 rings (SSSR count). The fraction of sp³-hybridized carbons (Fsp3) is 0.750. The summed E-state index contributed by atoms with van der Waals surface area (Å²) in [4.78, 5) is 0. The van der Waals surface area contributed by atoms with Crippen LogP contribution in [0.5, 0.6) is 5.75 Å². The first-order chi connectivity index (χ1) is 12.8. The second-order valence-corrected chi connectivity index (χ2v) is 7.95. The maximum absolute atomic E-state index is 6.18. The van der Waals surface area contributed by atoms with E-state index in [4.69, 9.17) is 9.47 Å². The van der Waals surface area contributed by atoms with Crippen molar-refractivity contribution in [1.82, 2.24) is 0 Å². The highest BCUT2D eigenvalue weighted by Crippen LogP contribution is 2.33. The number of rotatable bonds is 13. The van der Waals surface area contributed by atoms with E-state index in [0.717, 1.165) is 37.7 Å². The van der Waals surface area contributed by atoms with Crippen molar-refractivity contribution in [3.63, 3.8) is 0 Å². The Morgan fingerprint density at radius 1 is 0.846 bits per heavy atom. The molecule has 0 amide bonds. The molecule has 0 aromatic heterocycles. The maximum atomic E-state index is 6.18. The predicted octanol–water partition coefficient (Wildman–Crippen LogP) is 7.47. The smallest absolute Gasteiger partial charge is 0.119 e. The fourth-order valence-electron chi connectivity index (χ4n) is 3.83. The molecule has 1 fully saturated rings. The molecule has 1 aliphatic heterocycles. The van der Waals surface area contributed by atoms with Gasteiger partial charge in [0.15, 0.2) is 0 Å². The molecule has 0 radical (unpaired) electrons. The van der Waals surface area contributed by atoms with Crippen LogP contribution in [0.3, 0.4) is 0 Å². The summed E-state index contributed by atoms with van der Waals surface area (Å²) in [7, 11) is 0. The summed E-state index contributed by atoms with van der Waals surface area (Å²) in [6, 6.07) is 8.60. The van der Waals surface area contributed by atoms with E-state index in [1.54, 1.807) is 0 Å². The molecule has 26 heavy (non-hydrogen) atoms. The minimum atomic E-state index is 0.282. The van der Waals surface area contributed by atoms with Crippen molar-refractivity contribution in [2.75, 3.05) is 13.2 Å². The Hall–Kier alpha value is -1.02. The van der Waals surface area contributed by atoms with E-state index >= 15 is 0 Å². The van der Waals surface area contributed by atoms with E-state index < -0.39 is 0 Å². The third-order valence-electron chi connectivity index (χ3n) is 5.60. The molecule has 148 valence electrons. The van der Waals surface area contributed by atoms with Crippen molar-refractivity contribution in [2.45, 2.75) is 97.0 Å². The molecule has 1 aromatic rings. The molecule has 1 aromatic carbocycles. The van der Waals surface area contributed by atoms with Gasteiger partial charge in [0, 0.05) is 0 Å². The highest BCUT2D eigenvalue weighted by Gasteiger charge is 2.22. The lowest BCUT2D eigenvalue weighted by atomic mass is 9.91. The van der Waals surface area contributed by atoms with Gasteiger partial charge in [-0.2, -0.15) is 0 Å². The van der Waals surface area contributed by atoms with Gasteiger partial charge in [0.05, 0.1) is 19.3 Å². The van der Waals surface area contributed by atoms with Gasteiger partial charge in [-0.1, -0.05) is 77.3 Å². The summed E-state index contributed by atoms with van der Waals surface area (Å²) in [6.07, 6.45) is 16.0. The highest BCUT2D eigenvalue weighted by atomic mass is 16.5. The quantitative estimate of drug-likeness (QED) is 0.340. The van der Waals surface area contributed by atoms with Gasteiger partial charge < -0.3 is 9.47 Å². The van der Waals surface area contributed by atoms with Crippen LogP contribution in [-0.2, 0) is 4.74 Å². The Morgan fingerprint density at radius 3 is 2.19 bits per heavy atom. The number of hydrogen-bond acceptors (Lipinski definition) is 2. The van der Waals surface area contributed by atoms with E-state index in [2.05, 4.69) is 38.1 Å². The SMILES string of the molecule is CCCCCCCC1CCC(c2ccc(OCCCCCC)cc2)OC1. The number of benzene rings is 1. The van der Waals surface area contributed by atoms with Crippen molar-refractivity contribution in [3.05, 3.63) is 29.8 Å². The summed E-state index contributed by atoms with van der Waals surface area (Å²) in [6.45, 7) is 6.29. The summed E-state index contributed by atoms with van der Waals surface area (Å²) in [5.74, 6) is 1.77. The zero-order chi connectivity index (χ0) is 18.5. The van der Waals surface area contributed by atoms with Crippen LogP contribution in [0.15, 0.2) is 24.3 Å². The van der Waals surface area contributed by atoms with Crippen molar-refractivity contribution >= 4 is 0 Å². The lowest BCUT2D eigenvalue weighted by molar-refractivity contribution is -0.0199. The van der Waals surface area contributed by atoms with E-state index in [1.807, 2.05) is 0 Å². The van der Waals surface area contributed by atoms with Gasteiger partial charge in [0.2, 0.25) is 0 Å². The summed E-state index contributed by atoms with van der Waals surface area (Å²) in [5, 5.41) is 0. The monoisotopic (exact) mass is 360 g/mol. The predicted molar refractivity (Wildman–Crippen MR) is 111 cm³/mol. The third kappa shape index (κ3) is 8.12. The van der Waals surface area contributed by atoms with Crippen LogP contribution in [-0.4, -0.2) is 13.2 Å². The number of hydrogen-bond donors (Lipinski definition) is 0. The molecule has 2 heteroatoms. The summed E-state index contributed by atoms with van der Waals surface area (Å²) in [5.41, 5.74) is 1.31. The average Bonchev–Trinajstić information content (AvgIpc) is 2.69. The first-order valence-electron chi connectivity index (χ1n) is 11.2. The normalized spacial score (nSPS) is 20.2. The van der Waals surface area contributed by atoms with Crippen LogP contribution in [0, 0.1) is 5.92 Å². The minimum absolute atomic E-state index is 0.282. The molecule has 1 heterocycles. The van der Waals surface area contributed by atoms with Crippen LogP contribution < -0.4 is 4.74 Å². The standard InChI is InChI=1S/C24H40O2/c1-3-5-7-9-10-12-21-13-18-24(26-20-21)22-14-16-23(17-15-22)25-19-11-8-6-4-2/h14-17,21,24H,3-13,18-20H2,1-2H3. The molecule has 2 atom stereocenters. The van der Waals surface area contributed by atoms with Gasteiger partial charge in [0.1, 0.15) is 5.75 Å². The van der Waals surface area contributed by atoms with Gasteiger partial charge in [-0.25, -0.2) is 0 Å². The second kappa shape index (κ2) is 13.2. The Balaban J connectivity index is 1.62. The van der Waals surface area contributed by atoms with Gasteiger partial charge >= 0.3 is 0 Å². The van der Waals surface area contributed by atoms with Crippen molar-refractivity contribution in [2.24, 2.45) is 5.92 Å². The van der Waals surface area contributed by atoms with Crippen LogP contribution in [0.4, 0.5) is 0 Å². The lowest BCUT2D eigenvalue weighted by Crippen LogP contribution is -2.20. The number of ether oxygens (including phenoxy) is 2. The van der Waals surface area contributed by atoms with E-state index in [9.17, 15) is 0 Å². The molecule has 0 N–H and O–H groups in total. The van der Waals surface area contributed by atoms with Crippen molar-refractivity contribution in [1.29, 1.82) is 0 Å². The number of unbranched alkanes of at least 4 members (excludes halogenated alkanes) is 7. The van der Waals surface area contributed by atoms with Crippen molar-refractivity contribution < 1.29 is 9.47 Å². The fourth-order valence-corrected chi connectivity index (χ4v) is 3.83. The summed E-state index contributed by atoms with van der Waals surface area (Å²) >= 11 is 0. The molecule has 0 bridgehead atoms. The Bertz CT molecular complexity index is 446. The molecule has 1 aliphatic rings.